The molecule has 0 amide bonds. The highest BCUT2D eigenvalue weighted by Gasteiger charge is 2.25. The third-order valence-corrected chi connectivity index (χ3v) is 4.22. The number of nitrogens with two attached hydrogens (primary N) is 1. The molecule has 0 bridgehead atoms. The lowest BCUT2D eigenvalue weighted by Gasteiger charge is -2.16. The molecule has 0 unspecified atom stereocenters. The van der Waals surface area contributed by atoms with E-state index < -0.39 is 7.60 Å². The van der Waals surface area contributed by atoms with E-state index in [-0.39, 0.29) is 10.9 Å². The van der Waals surface area contributed by atoms with Crippen molar-refractivity contribution in [1.29, 1.82) is 0 Å². The van der Waals surface area contributed by atoms with Crippen LogP contribution in [0.1, 0.15) is 25.6 Å². The minimum atomic E-state index is -4.39. The van der Waals surface area contributed by atoms with Crippen molar-refractivity contribution in [1.82, 2.24) is 4.98 Å². The van der Waals surface area contributed by atoms with Crippen LogP contribution >= 0.6 is 18.9 Å². The molecule has 0 saturated heterocycles. The molecule has 0 aliphatic heterocycles. The zero-order valence-electron chi connectivity index (χ0n) is 11.5. The van der Waals surface area contributed by atoms with Crippen molar-refractivity contribution in [2.75, 3.05) is 5.73 Å². The molecule has 8 heteroatoms. The maximum Gasteiger partial charge on any atom is 0.391 e. The Labute approximate surface area is 120 Å². The SMILES string of the molecule is CC(C)(C)Cc1sc(N)nc1-c1ccc(P(=O)(O)O)o1. The Bertz CT molecular complexity index is 665. The van der Waals surface area contributed by atoms with Gasteiger partial charge in [-0.25, -0.2) is 4.98 Å². The number of rotatable bonds is 3. The van der Waals surface area contributed by atoms with Crippen LogP contribution in [0.4, 0.5) is 5.13 Å². The van der Waals surface area contributed by atoms with Gasteiger partial charge in [-0.1, -0.05) is 20.8 Å². The third kappa shape index (κ3) is 3.49. The van der Waals surface area contributed by atoms with Gasteiger partial charge < -0.3 is 19.9 Å². The van der Waals surface area contributed by atoms with E-state index in [2.05, 4.69) is 25.8 Å². The highest BCUT2D eigenvalue weighted by atomic mass is 32.1. The third-order valence-electron chi connectivity index (χ3n) is 2.52. The summed E-state index contributed by atoms with van der Waals surface area (Å²) in [7, 11) is -4.39. The molecule has 2 rings (SSSR count). The largest absolute Gasteiger partial charge is 0.446 e. The van der Waals surface area contributed by atoms with Gasteiger partial charge in [0.15, 0.2) is 10.9 Å². The molecule has 6 nitrogen and oxygen atoms in total. The van der Waals surface area contributed by atoms with Crippen LogP contribution in [0.5, 0.6) is 0 Å². The molecular formula is C12H17N2O4PS. The Morgan fingerprint density at radius 1 is 1.40 bits per heavy atom. The van der Waals surface area contributed by atoms with Gasteiger partial charge >= 0.3 is 7.60 Å². The van der Waals surface area contributed by atoms with E-state index in [0.717, 1.165) is 11.3 Å². The summed E-state index contributed by atoms with van der Waals surface area (Å²) >= 11 is 1.37. The van der Waals surface area contributed by atoms with Gasteiger partial charge in [-0.3, -0.25) is 4.57 Å². The molecule has 2 aromatic heterocycles. The van der Waals surface area contributed by atoms with Crippen molar-refractivity contribution in [3.8, 4) is 11.5 Å². The number of nitrogen functional groups attached to an aromatic ring is 1. The standard InChI is InChI=1S/C12H17N2O4PS/c1-12(2,3)6-8-10(14-11(13)20-8)7-4-5-9(18-7)19(15,16)17/h4-5H,6H2,1-3H3,(H2,13,14)(H2,15,16,17). The zero-order chi connectivity index (χ0) is 15.1. The number of aromatic nitrogens is 1. The van der Waals surface area contributed by atoms with Crippen LogP contribution in [-0.2, 0) is 11.0 Å². The van der Waals surface area contributed by atoms with E-state index in [0.29, 0.717) is 16.6 Å². The summed E-state index contributed by atoms with van der Waals surface area (Å²) in [6.07, 6.45) is 0.753. The Balaban J connectivity index is 2.43. The monoisotopic (exact) mass is 316 g/mol. The van der Waals surface area contributed by atoms with Crippen LogP contribution in [0, 0.1) is 5.41 Å². The summed E-state index contributed by atoms with van der Waals surface area (Å²) < 4.78 is 16.4. The highest BCUT2D eigenvalue weighted by molar-refractivity contribution is 7.59. The number of hydrogen-bond donors (Lipinski definition) is 3. The number of furan rings is 1. The second-order valence-corrected chi connectivity index (χ2v) is 8.39. The molecule has 0 radical (unpaired) electrons. The van der Waals surface area contributed by atoms with Crippen molar-refractivity contribution in [3.05, 3.63) is 17.0 Å². The molecule has 2 heterocycles. The van der Waals surface area contributed by atoms with E-state index in [1.807, 2.05) is 0 Å². The van der Waals surface area contributed by atoms with Crippen LogP contribution in [-0.4, -0.2) is 14.8 Å². The summed E-state index contributed by atoms with van der Waals surface area (Å²) in [6, 6.07) is 2.78. The molecule has 0 aliphatic carbocycles. The molecule has 0 saturated carbocycles. The fourth-order valence-electron chi connectivity index (χ4n) is 1.78. The van der Waals surface area contributed by atoms with Crippen LogP contribution < -0.4 is 11.2 Å². The fourth-order valence-corrected chi connectivity index (χ4v) is 3.40. The van der Waals surface area contributed by atoms with Gasteiger partial charge in [-0.2, -0.15) is 0 Å². The average Bonchev–Trinajstić information content (AvgIpc) is 2.81. The molecule has 0 aliphatic rings. The van der Waals surface area contributed by atoms with Gasteiger partial charge in [-0.15, -0.1) is 11.3 Å². The van der Waals surface area contributed by atoms with Gasteiger partial charge in [0.05, 0.1) is 0 Å². The van der Waals surface area contributed by atoms with E-state index in [4.69, 9.17) is 19.9 Å². The van der Waals surface area contributed by atoms with Crippen molar-refractivity contribution in [3.63, 3.8) is 0 Å². The molecule has 0 fully saturated rings. The fraction of sp³-hybridized carbons (Fsp3) is 0.417. The summed E-state index contributed by atoms with van der Waals surface area (Å²) in [6.45, 7) is 6.28. The molecule has 20 heavy (non-hydrogen) atoms. The maximum absolute atomic E-state index is 11.2. The zero-order valence-corrected chi connectivity index (χ0v) is 13.2. The van der Waals surface area contributed by atoms with Crippen molar-refractivity contribution >= 4 is 29.6 Å². The van der Waals surface area contributed by atoms with E-state index in [1.54, 1.807) is 0 Å². The van der Waals surface area contributed by atoms with Gasteiger partial charge in [0.2, 0.25) is 5.50 Å². The molecule has 0 spiro atoms. The number of thiazole rings is 1. The van der Waals surface area contributed by atoms with E-state index in [1.165, 1.54) is 23.5 Å². The summed E-state index contributed by atoms with van der Waals surface area (Å²) in [5.74, 6) is 0.329. The summed E-state index contributed by atoms with van der Waals surface area (Å²) in [5.41, 5.74) is 5.99. The Hall–Kier alpha value is -1.14. The van der Waals surface area contributed by atoms with Gasteiger partial charge in [0.1, 0.15) is 5.69 Å². The first-order valence-corrected chi connectivity index (χ1v) is 8.41. The van der Waals surface area contributed by atoms with Crippen LogP contribution in [0.3, 0.4) is 0 Å². The van der Waals surface area contributed by atoms with Crippen LogP contribution in [0.15, 0.2) is 16.5 Å². The van der Waals surface area contributed by atoms with Crippen molar-refractivity contribution < 1.29 is 18.8 Å². The topological polar surface area (TPSA) is 110 Å². The van der Waals surface area contributed by atoms with Crippen molar-refractivity contribution in [2.45, 2.75) is 27.2 Å². The van der Waals surface area contributed by atoms with Crippen molar-refractivity contribution in [2.24, 2.45) is 5.41 Å². The lowest BCUT2D eigenvalue weighted by atomic mass is 9.91. The summed E-state index contributed by atoms with van der Waals surface area (Å²) in [4.78, 5) is 23.3. The molecule has 110 valence electrons. The first-order valence-electron chi connectivity index (χ1n) is 5.98. The van der Waals surface area contributed by atoms with Crippen LogP contribution in [0.25, 0.3) is 11.5 Å². The Morgan fingerprint density at radius 3 is 2.55 bits per heavy atom. The summed E-state index contributed by atoms with van der Waals surface area (Å²) in [5, 5.41) is 0.411. The highest BCUT2D eigenvalue weighted by Crippen LogP contribution is 2.38. The maximum atomic E-state index is 11.2. The predicted molar refractivity (Wildman–Crippen MR) is 79.1 cm³/mol. The lowest BCUT2D eigenvalue weighted by Crippen LogP contribution is -2.08. The number of anilines is 1. The number of hydrogen-bond acceptors (Lipinski definition) is 5. The molecule has 0 atom stereocenters. The molecule has 0 aromatic carbocycles. The first-order chi connectivity index (χ1) is 9.06. The van der Waals surface area contributed by atoms with Crippen LogP contribution in [0.2, 0.25) is 0 Å². The van der Waals surface area contributed by atoms with Gasteiger partial charge in [-0.05, 0) is 24.0 Å². The van der Waals surface area contributed by atoms with Gasteiger partial charge in [0.25, 0.3) is 0 Å². The smallest absolute Gasteiger partial charge is 0.391 e. The first kappa shape index (κ1) is 15.3. The predicted octanol–water partition coefficient (Wildman–Crippen LogP) is 2.38. The molecule has 4 N–H and O–H groups in total. The second-order valence-electron chi connectivity index (χ2n) is 5.74. The molecular weight excluding hydrogens is 299 g/mol. The quantitative estimate of drug-likeness (QED) is 0.750. The van der Waals surface area contributed by atoms with E-state index in [9.17, 15) is 4.57 Å². The minimum Gasteiger partial charge on any atom is -0.446 e. The normalized spacial score (nSPS) is 12.8. The van der Waals surface area contributed by atoms with Gasteiger partial charge in [0, 0.05) is 4.88 Å². The Kier molecular flexibility index (Phi) is 3.81. The van der Waals surface area contributed by atoms with E-state index >= 15 is 0 Å². The minimum absolute atomic E-state index is 0.0480. The molecule has 2 aromatic rings. The number of nitrogens with zero attached hydrogens (tertiary/aromatic N) is 1. The lowest BCUT2D eigenvalue weighted by molar-refractivity contribution is 0.377. The second kappa shape index (κ2) is 5.00. The average molecular weight is 316 g/mol. The Morgan fingerprint density at radius 2 is 2.05 bits per heavy atom.